The van der Waals surface area contributed by atoms with Crippen LogP contribution in [0.2, 0.25) is 0 Å². The molecule has 0 bridgehead atoms. The summed E-state index contributed by atoms with van der Waals surface area (Å²) in [6, 6.07) is 23.1. The van der Waals surface area contributed by atoms with Crippen LogP contribution in [0.15, 0.2) is 77.2 Å². The van der Waals surface area contributed by atoms with Gasteiger partial charge in [-0.2, -0.15) is 0 Å². The standard InChI is InChI=1S/C27H26O5/c1-2-6-20-17-23(31-22-7-4-3-5-8-22)10-12-25(20)30-14-13-24-18-21-15-19(16-27(28)29)9-11-26(21)32-24/h3-5,7-12,15,17-18H,2,6,13-14,16H2,1H3,(H,28,29). The SMILES string of the molecule is CCCc1cc(Oc2ccccc2)ccc1OCCc1cc2cc(CC(=O)O)ccc2o1. The summed E-state index contributed by atoms with van der Waals surface area (Å²) in [5, 5.41) is 9.88. The molecule has 0 atom stereocenters. The maximum absolute atomic E-state index is 10.9. The summed E-state index contributed by atoms with van der Waals surface area (Å²) in [5.41, 5.74) is 2.63. The monoisotopic (exact) mass is 430 g/mol. The van der Waals surface area contributed by atoms with Crippen LogP contribution >= 0.6 is 0 Å². The van der Waals surface area contributed by atoms with Gasteiger partial charge in [-0.1, -0.05) is 37.6 Å². The Morgan fingerprint density at radius 1 is 0.938 bits per heavy atom. The van der Waals surface area contributed by atoms with Crippen LogP contribution in [0.3, 0.4) is 0 Å². The van der Waals surface area contributed by atoms with E-state index in [2.05, 4.69) is 6.92 Å². The molecule has 0 amide bonds. The summed E-state index contributed by atoms with van der Waals surface area (Å²) in [6.07, 6.45) is 2.53. The fourth-order valence-electron chi connectivity index (χ4n) is 3.67. The number of para-hydroxylation sites is 1. The first kappa shape index (κ1) is 21.5. The van der Waals surface area contributed by atoms with E-state index in [1.165, 1.54) is 0 Å². The van der Waals surface area contributed by atoms with Crippen LogP contribution in [0.5, 0.6) is 17.2 Å². The lowest BCUT2D eigenvalue weighted by Crippen LogP contribution is -2.03. The van der Waals surface area contributed by atoms with Gasteiger partial charge in [-0.3, -0.25) is 4.79 Å². The molecule has 5 heteroatoms. The van der Waals surface area contributed by atoms with Gasteiger partial charge in [0.2, 0.25) is 0 Å². The van der Waals surface area contributed by atoms with Gasteiger partial charge in [0.25, 0.3) is 0 Å². The summed E-state index contributed by atoms with van der Waals surface area (Å²) in [6.45, 7) is 2.62. The second kappa shape index (κ2) is 10.1. The Morgan fingerprint density at radius 3 is 2.56 bits per heavy atom. The van der Waals surface area contributed by atoms with Gasteiger partial charge < -0.3 is 19.0 Å². The highest BCUT2D eigenvalue weighted by Crippen LogP contribution is 2.29. The molecule has 0 saturated heterocycles. The second-order valence-electron chi connectivity index (χ2n) is 7.69. The van der Waals surface area contributed by atoms with E-state index in [1.807, 2.05) is 66.7 Å². The first-order valence-corrected chi connectivity index (χ1v) is 10.8. The van der Waals surface area contributed by atoms with Crippen LogP contribution in [-0.4, -0.2) is 17.7 Å². The Kier molecular flexibility index (Phi) is 6.75. The zero-order valence-electron chi connectivity index (χ0n) is 18.0. The molecule has 3 aromatic carbocycles. The number of hydrogen-bond donors (Lipinski definition) is 1. The van der Waals surface area contributed by atoms with Gasteiger partial charge in [0.1, 0.15) is 28.6 Å². The molecule has 164 valence electrons. The van der Waals surface area contributed by atoms with E-state index in [1.54, 1.807) is 6.07 Å². The highest BCUT2D eigenvalue weighted by atomic mass is 16.5. The third-order valence-corrected chi connectivity index (χ3v) is 5.12. The van der Waals surface area contributed by atoms with Crippen LogP contribution in [-0.2, 0) is 24.1 Å². The van der Waals surface area contributed by atoms with E-state index in [4.69, 9.17) is 19.0 Å². The molecule has 1 heterocycles. The normalized spacial score (nSPS) is 10.9. The topological polar surface area (TPSA) is 68.9 Å². The van der Waals surface area contributed by atoms with Crippen molar-refractivity contribution in [3.8, 4) is 17.2 Å². The first-order valence-electron chi connectivity index (χ1n) is 10.8. The van der Waals surface area contributed by atoms with Gasteiger partial charge in [0.15, 0.2) is 0 Å². The number of ether oxygens (including phenoxy) is 2. The number of carboxylic acids is 1. The average Bonchev–Trinajstić information content (AvgIpc) is 3.18. The van der Waals surface area contributed by atoms with Gasteiger partial charge in [0, 0.05) is 11.8 Å². The van der Waals surface area contributed by atoms with Gasteiger partial charge in [-0.05, 0) is 66.1 Å². The van der Waals surface area contributed by atoms with Crippen molar-refractivity contribution in [2.24, 2.45) is 0 Å². The first-order chi connectivity index (χ1) is 15.6. The van der Waals surface area contributed by atoms with Crippen molar-refractivity contribution in [1.82, 2.24) is 0 Å². The molecule has 0 fully saturated rings. The summed E-state index contributed by atoms with van der Waals surface area (Å²) >= 11 is 0. The van der Waals surface area contributed by atoms with E-state index in [0.29, 0.717) is 13.0 Å². The van der Waals surface area contributed by atoms with Crippen molar-refractivity contribution in [2.75, 3.05) is 6.61 Å². The molecule has 4 aromatic rings. The molecular weight excluding hydrogens is 404 g/mol. The lowest BCUT2D eigenvalue weighted by atomic mass is 10.1. The van der Waals surface area contributed by atoms with Crippen LogP contribution in [0, 0.1) is 0 Å². The third kappa shape index (κ3) is 5.49. The van der Waals surface area contributed by atoms with Gasteiger partial charge in [-0.15, -0.1) is 0 Å². The number of carbonyl (C=O) groups is 1. The summed E-state index contributed by atoms with van der Waals surface area (Å²) in [5.74, 6) is 2.42. The number of carboxylic acid groups (broad SMARTS) is 1. The molecule has 1 N–H and O–H groups in total. The largest absolute Gasteiger partial charge is 0.493 e. The van der Waals surface area contributed by atoms with Crippen molar-refractivity contribution in [2.45, 2.75) is 32.6 Å². The minimum Gasteiger partial charge on any atom is -0.493 e. The lowest BCUT2D eigenvalue weighted by molar-refractivity contribution is -0.136. The van der Waals surface area contributed by atoms with E-state index in [-0.39, 0.29) is 6.42 Å². The van der Waals surface area contributed by atoms with E-state index >= 15 is 0 Å². The van der Waals surface area contributed by atoms with Gasteiger partial charge in [0.05, 0.1) is 13.0 Å². The van der Waals surface area contributed by atoms with Crippen LogP contribution in [0.25, 0.3) is 11.0 Å². The molecule has 0 aliphatic rings. The number of furan rings is 1. The number of rotatable bonds is 10. The summed E-state index contributed by atoms with van der Waals surface area (Å²) in [4.78, 5) is 10.9. The number of fused-ring (bicyclic) bond motifs is 1. The van der Waals surface area contributed by atoms with Gasteiger partial charge in [-0.25, -0.2) is 0 Å². The number of benzene rings is 3. The van der Waals surface area contributed by atoms with Crippen molar-refractivity contribution in [1.29, 1.82) is 0 Å². The van der Waals surface area contributed by atoms with Crippen LogP contribution in [0.4, 0.5) is 0 Å². The average molecular weight is 431 g/mol. The third-order valence-electron chi connectivity index (χ3n) is 5.12. The fraction of sp³-hybridized carbons (Fsp3) is 0.222. The smallest absolute Gasteiger partial charge is 0.307 e. The van der Waals surface area contributed by atoms with E-state index in [9.17, 15) is 4.79 Å². The predicted molar refractivity (Wildman–Crippen MR) is 124 cm³/mol. The van der Waals surface area contributed by atoms with Crippen molar-refractivity contribution < 1.29 is 23.8 Å². The zero-order chi connectivity index (χ0) is 22.3. The highest BCUT2D eigenvalue weighted by molar-refractivity contribution is 5.80. The molecule has 32 heavy (non-hydrogen) atoms. The molecule has 0 spiro atoms. The minimum absolute atomic E-state index is 0.00372. The predicted octanol–water partition coefficient (Wildman–Crippen LogP) is 6.43. The van der Waals surface area contributed by atoms with E-state index < -0.39 is 5.97 Å². The highest BCUT2D eigenvalue weighted by Gasteiger charge is 2.10. The molecule has 0 saturated carbocycles. The Hall–Kier alpha value is -3.73. The van der Waals surface area contributed by atoms with Crippen LogP contribution < -0.4 is 9.47 Å². The molecule has 0 radical (unpaired) electrons. The maximum Gasteiger partial charge on any atom is 0.307 e. The Morgan fingerprint density at radius 2 is 1.78 bits per heavy atom. The molecule has 0 aliphatic heterocycles. The maximum atomic E-state index is 10.9. The molecule has 0 unspecified atom stereocenters. The Labute approximate surface area is 187 Å². The molecule has 0 aliphatic carbocycles. The Balaban J connectivity index is 1.41. The van der Waals surface area contributed by atoms with Crippen molar-refractivity contribution in [3.05, 3.63) is 89.7 Å². The molecule has 4 rings (SSSR count). The molecular formula is C27H26O5. The van der Waals surface area contributed by atoms with Gasteiger partial charge >= 0.3 is 5.97 Å². The summed E-state index contributed by atoms with van der Waals surface area (Å²) in [7, 11) is 0. The second-order valence-corrected chi connectivity index (χ2v) is 7.69. The summed E-state index contributed by atoms with van der Waals surface area (Å²) < 4.78 is 17.9. The number of aryl methyl sites for hydroxylation is 1. The minimum atomic E-state index is -0.843. The van der Waals surface area contributed by atoms with Crippen molar-refractivity contribution in [3.63, 3.8) is 0 Å². The molecule has 1 aromatic heterocycles. The lowest BCUT2D eigenvalue weighted by Gasteiger charge is -2.13. The quantitative estimate of drug-likeness (QED) is 0.314. The zero-order valence-corrected chi connectivity index (χ0v) is 18.0. The fourth-order valence-corrected chi connectivity index (χ4v) is 3.67. The van der Waals surface area contributed by atoms with E-state index in [0.717, 1.165) is 57.9 Å². The Bertz CT molecular complexity index is 1190. The molecule has 5 nitrogen and oxygen atoms in total. The number of hydrogen-bond acceptors (Lipinski definition) is 4. The number of aliphatic carboxylic acids is 1. The van der Waals surface area contributed by atoms with Crippen molar-refractivity contribution >= 4 is 16.9 Å². The van der Waals surface area contributed by atoms with Crippen LogP contribution in [0.1, 0.15) is 30.2 Å².